The molecule has 4 nitrogen and oxygen atoms in total. The Labute approximate surface area is 176 Å². The second kappa shape index (κ2) is 11.1. The summed E-state index contributed by atoms with van der Waals surface area (Å²) in [5.41, 5.74) is 5.73. The minimum absolute atomic E-state index is 0.120. The number of nitrogens with zero attached hydrogens (tertiary/aromatic N) is 1. The van der Waals surface area contributed by atoms with Crippen LogP contribution in [-0.2, 0) is 17.2 Å². The van der Waals surface area contributed by atoms with E-state index in [1.165, 1.54) is 5.56 Å². The number of thioether (sulfide) groups is 1. The monoisotopic (exact) mass is 404 g/mol. The maximum Gasteiger partial charge on any atom is 0.252 e. The van der Waals surface area contributed by atoms with Crippen LogP contribution >= 0.6 is 11.8 Å². The van der Waals surface area contributed by atoms with Crippen LogP contribution < -0.4 is 10.2 Å². The number of nitrogens with one attached hydrogen (secondary N) is 1. The maximum absolute atomic E-state index is 12.3. The van der Waals surface area contributed by atoms with E-state index in [1.54, 1.807) is 18.0 Å². The normalized spacial score (nSPS) is 11.9. The molecule has 1 atom stereocenters. The van der Waals surface area contributed by atoms with Crippen LogP contribution in [0, 0.1) is 0 Å². The number of benzene rings is 3. The number of hydrazone groups is 1. The van der Waals surface area contributed by atoms with Crippen LogP contribution in [-0.4, -0.2) is 17.4 Å². The number of rotatable bonds is 9. The summed E-state index contributed by atoms with van der Waals surface area (Å²) in [4.78, 5) is 12.3. The van der Waals surface area contributed by atoms with Gasteiger partial charge in [-0.15, -0.1) is 11.8 Å². The molecule has 0 bridgehead atoms. The van der Waals surface area contributed by atoms with Crippen molar-refractivity contribution in [2.45, 2.75) is 24.5 Å². The zero-order valence-corrected chi connectivity index (χ0v) is 17.1. The van der Waals surface area contributed by atoms with Gasteiger partial charge in [-0.2, -0.15) is 5.10 Å². The molecule has 5 heteroatoms. The number of carbonyl (C=O) groups excluding carboxylic acids is 1. The van der Waals surface area contributed by atoms with Gasteiger partial charge in [0.1, 0.15) is 12.4 Å². The van der Waals surface area contributed by atoms with Gasteiger partial charge < -0.3 is 4.74 Å². The van der Waals surface area contributed by atoms with Crippen molar-refractivity contribution in [3.05, 3.63) is 102 Å². The summed E-state index contributed by atoms with van der Waals surface area (Å²) in [6.45, 7) is 2.36. The van der Waals surface area contributed by atoms with Crippen LogP contribution in [0.25, 0.3) is 0 Å². The van der Waals surface area contributed by atoms with E-state index in [-0.39, 0.29) is 11.2 Å². The SMILES string of the molecule is C[C@H](SCc1ccccc1)C(=O)N/N=C\c1ccccc1OCc1ccccc1. The van der Waals surface area contributed by atoms with Gasteiger partial charge in [-0.3, -0.25) is 4.79 Å². The minimum atomic E-state index is -0.197. The smallest absolute Gasteiger partial charge is 0.252 e. The second-order valence-electron chi connectivity index (χ2n) is 6.49. The molecule has 0 saturated heterocycles. The van der Waals surface area contributed by atoms with E-state index in [9.17, 15) is 4.79 Å². The molecule has 0 spiro atoms. The van der Waals surface area contributed by atoms with Crippen molar-refractivity contribution in [1.82, 2.24) is 5.43 Å². The largest absolute Gasteiger partial charge is 0.488 e. The molecule has 1 N–H and O–H groups in total. The lowest BCUT2D eigenvalue weighted by atomic mass is 10.2. The third-order valence-electron chi connectivity index (χ3n) is 4.25. The van der Waals surface area contributed by atoms with Crippen LogP contribution in [0.4, 0.5) is 0 Å². The van der Waals surface area contributed by atoms with Gasteiger partial charge in [-0.1, -0.05) is 72.8 Å². The summed E-state index contributed by atoms with van der Waals surface area (Å²) in [6.07, 6.45) is 1.62. The van der Waals surface area contributed by atoms with E-state index in [4.69, 9.17) is 4.74 Å². The summed E-state index contributed by atoms with van der Waals surface area (Å²) in [5, 5.41) is 3.92. The maximum atomic E-state index is 12.3. The molecule has 0 heterocycles. The van der Waals surface area contributed by atoms with Crippen molar-refractivity contribution in [2.75, 3.05) is 0 Å². The van der Waals surface area contributed by atoms with E-state index in [1.807, 2.05) is 79.7 Å². The Morgan fingerprint density at radius 1 is 0.966 bits per heavy atom. The fraction of sp³-hybridized carbons (Fsp3) is 0.167. The minimum Gasteiger partial charge on any atom is -0.488 e. The van der Waals surface area contributed by atoms with Crippen LogP contribution in [0.15, 0.2) is 90.0 Å². The van der Waals surface area contributed by atoms with Crippen molar-refractivity contribution in [1.29, 1.82) is 0 Å². The molecule has 0 unspecified atom stereocenters. The lowest BCUT2D eigenvalue weighted by Crippen LogP contribution is -2.27. The van der Waals surface area contributed by atoms with Crippen molar-refractivity contribution >= 4 is 23.9 Å². The molecule has 1 amide bonds. The molecule has 0 aliphatic heterocycles. The van der Waals surface area contributed by atoms with Gasteiger partial charge in [0.05, 0.1) is 11.5 Å². The van der Waals surface area contributed by atoms with Gasteiger partial charge in [-0.25, -0.2) is 5.43 Å². The topological polar surface area (TPSA) is 50.7 Å². The molecule has 0 aliphatic carbocycles. The predicted octanol–water partition coefficient (Wildman–Crippen LogP) is 5.04. The Morgan fingerprint density at radius 2 is 1.59 bits per heavy atom. The van der Waals surface area contributed by atoms with Gasteiger partial charge in [-0.05, 0) is 30.2 Å². The zero-order valence-electron chi connectivity index (χ0n) is 16.3. The summed E-state index contributed by atoms with van der Waals surface area (Å²) >= 11 is 1.58. The van der Waals surface area contributed by atoms with Gasteiger partial charge in [0.25, 0.3) is 5.91 Å². The summed E-state index contributed by atoms with van der Waals surface area (Å²) in [5.74, 6) is 1.39. The molecule has 0 aromatic heterocycles. The van der Waals surface area contributed by atoms with E-state index in [2.05, 4.69) is 22.7 Å². The highest BCUT2D eigenvalue weighted by molar-refractivity contribution is 7.99. The Bertz CT molecular complexity index is 930. The van der Waals surface area contributed by atoms with Crippen LogP contribution in [0.3, 0.4) is 0 Å². The molecule has 29 heavy (non-hydrogen) atoms. The first-order chi connectivity index (χ1) is 14.2. The number of amides is 1. The van der Waals surface area contributed by atoms with Gasteiger partial charge in [0.15, 0.2) is 0 Å². The summed E-state index contributed by atoms with van der Waals surface area (Å²) < 4.78 is 5.91. The molecule has 3 aromatic rings. The Hall–Kier alpha value is -3.05. The predicted molar refractivity (Wildman–Crippen MR) is 120 cm³/mol. The third-order valence-corrected chi connectivity index (χ3v) is 5.46. The molecule has 3 rings (SSSR count). The fourth-order valence-corrected chi connectivity index (χ4v) is 3.42. The first-order valence-corrected chi connectivity index (χ1v) is 10.5. The van der Waals surface area contributed by atoms with Gasteiger partial charge >= 0.3 is 0 Å². The quantitative estimate of drug-likeness (QED) is 0.402. The number of hydrogen-bond acceptors (Lipinski definition) is 4. The highest BCUT2D eigenvalue weighted by Gasteiger charge is 2.12. The lowest BCUT2D eigenvalue weighted by molar-refractivity contribution is -0.120. The lowest BCUT2D eigenvalue weighted by Gasteiger charge is -2.10. The van der Waals surface area contributed by atoms with Crippen molar-refractivity contribution in [3.8, 4) is 5.75 Å². The van der Waals surface area contributed by atoms with E-state index < -0.39 is 0 Å². The van der Waals surface area contributed by atoms with Gasteiger partial charge in [0.2, 0.25) is 0 Å². The van der Waals surface area contributed by atoms with Crippen LogP contribution in [0.5, 0.6) is 5.75 Å². The summed E-state index contributed by atoms with van der Waals surface area (Å²) in [6, 6.07) is 27.7. The molecule has 148 valence electrons. The first kappa shape index (κ1) is 20.7. The van der Waals surface area contributed by atoms with Crippen molar-refractivity contribution in [3.63, 3.8) is 0 Å². The molecule has 0 radical (unpaired) electrons. The molecule has 0 saturated carbocycles. The Balaban J connectivity index is 1.51. The fourth-order valence-electron chi connectivity index (χ4n) is 2.58. The van der Waals surface area contributed by atoms with Crippen LogP contribution in [0.2, 0.25) is 0 Å². The van der Waals surface area contributed by atoms with Crippen molar-refractivity contribution < 1.29 is 9.53 Å². The average Bonchev–Trinajstić information content (AvgIpc) is 2.78. The van der Waals surface area contributed by atoms with E-state index in [0.29, 0.717) is 6.61 Å². The molecule has 0 fully saturated rings. The molecule has 3 aromatic carbocycles. The number of carbonyl (C=O) groups is 1. The van der Waals surface area contributed by atoms with Crippen molar-refractivity contribution in [2.24, 2.45) is 5.10 Å². The molecular formula is C24H24N2O2S. The Morgan fingerprint density at radius 3 is 2.31 bits per heavy atom. The van der Waals surface area contributed by atoms with E-state index >= 15 is 0 Å². The number of para-hydroxylation sites is 1. The van der Waals surface area contributed by atoms with Gasteiger partial charge in [0, 0.05) is 11.3 Å². The highest BCUT2D eigenvalue weighted by atomic mass is 32.2. The highest BCUT2D eigenvalue weighted by Crippen LogP contribution is 2.19. The van der Waals surface area contributed by atoms with E-state index in [0.717, 1.165) is 22.6 Å². The number of ether oxygens (including phenoxy) is 1. The second-order valence-corrected chi connectivity index (χ2v) is 7.81. The number of hydrogen-bond donors (Lipinski definition) is 1. The average molecular weight is 405 g/mol. The summed E-state index contributed by atoms with van der Waals surface area (Å²) in [7, 11) is 0. The van der Waals surface area contributed by atoms with Crippen LogP contribution in [0.1, 0.15) is 23.6 Å². The zero-order chi connectivity index (χ0) is 20.3. The molecule has 0 aliphatic rings. The molecular weight excluding hydrogens is 380 g/mol. The Kier molecular flexibility index (Phi) is 7.90. The first-order valence-electron chi connectivity index (χ1n) is 9.46. The third kappa shape index (κ3) is 6.80. The standard InChI is InChI=1S/C24H24N2O2S/c1-19(29-18-21-12-6-3-7-13-21)24(27)26-25-16-22-14-8-9-15-23(22)28-17-20-10-4-2-5-11-20/h2-16,19H,17-18H2,1H3,(H,26,27)/b25-16-/t19-/m0/s1.